The fraction of sp³-hybridized carbons (Fsp3) is 0.320. The number of anilines is 1. The molecule has 0 amide bonds. The molecule has 6 nitrogen and oxygen atoms in total. The normalized spacial score (nSPS) is 15.2. The summed E-state index contributed by atoms with van der Waals surface area (Å²) in [6.07, 6.45) is 7.80. The molecule has 0 aliphatic carbocycles. The van der Waals surface area contributed by atoms with Crippen molar-refractivity contribution >= 4 is 33.6 Å². The van der Waals surface area contributed by atoms with Crippen LogP contribution in [0.25, 0.3) is 27.6 Å². The first-order valence-electron chi connectivity index (χ1n) is 11.2. The summed E-state index contributed by atoms with van der Waals surface area (Å²) >= 11 is 1.68. The average Bonchev–Trinajstić information content (AvgIpc) is 3.49. The van der Waals surface area contributed by atoms with Crippen molar-refractivity contribution in [2.75, 3.05) is 31.6 Å². The first-order chi connectivity index (χ1) is 16.1. The molecular weight excluding hydrogens is 435 g/mol. The molecule has 5 rings (SSSR count). The van der Waals surface area contributed by atoms with Crippen LogP contribution in [0, 0.1) is 0 Å². The first kappa shape index (κ1) is 21.7. The van der Waals surface area contributed by atoms with Crippen LogP contribution < -0.4 is 5.32 Å². The number of nitrogens with zero attached hydrogens (tertiary/aromatic N) is 5. The van der Waals surface area contributed by atoms with Crippen LogP contribution >= 0.6 is 11.3 Å². The third-order valence-corrected chi connectivity index (χ3v) is 7.21. The van der Waals surface area contributed by atoms with E-state index in [2.05, 4.69) is 50.5 Å². The predicted molar refractivity (Wildman–Crippen MR) is 133 cm³/mol. The number of thiazole rings is 1. The number of pyridine rings is 1. The Labute approximate surface area is 196 Å². The Balaban J connectivity index is 1.28. The molecule has 1 saturated heterocycles. The molecular formula is C25H27FN6S. The Morgan fingerprint density at radius 2 is 2.03 bits per heavy atom. The van der Waals surface area contributed by atoms with E-state index >= 15 is 0 Å². The molecule has 4 aromatic rings. The second kappa shape index (κ2) is 9.41. The van der Waals surface area contributed by atoms with Gasteiger partial charge in [0.2, 0.25) is 0 Å². The maximum atomic E-state index is 12.6. The van der Waals surface area contributed by atoms with Crippen molar-refractivity contribution in [2.45, 2.75) is 18.8 Å². The van der Waals surface area contributed by atoms with Crippen molar-refractivity contribution in [1.82, 2.24) is 24.6 Å². The summed E-state index contributed by atoms with van der Waals surface area (Å²) in [5.41, 5.74) is 3.80. The number of aromatic nitrogens is 4. The van der Waals surface area contributed by atoms with Crippen LogP contribution in [0.1, 0.15) is 29.5 Å². The van der Waals surface area contributed by atoms with Crippen LogP contribution in [0.2, 0.25) is 0 Å². The van der Waals surface area contributed by atoms with Gasteiger partial charge >= 0.3 is 0 Å². The molecule has 0 radical (unpaired) electrons. The number of nitrogens with one attached hydrogen (secondary N) is 1. The number of hydrogen-bond donors (Lipinski definition) is 1. The molecule has 8 heteroatoms. The molecule has 0 unspecified atom stereocenters. The maximum Gasteiger partial charge on any atom is 0.130 e. The highest BCUT2D eigenvalue weighted by atomic mass is 32.1. The minimum atomic E-state index is -0.273. The summed E-state index contributed by atoms with van der Waals surface area (Å²) in [5, 5.41) is 13.0. The Morgan fingerprint density at radius 3 is 2.79 bits per heavy atom. The Hall–Kier alpha value is -3.10. The van der Waals surface area contributed by atoms with Crippen LogP contribution in [0.4, 0.5) is 10.2 Å². The fourth-order valence-corrected chi connectivity index (χ4v) is 5.32. The molecule has 0 spiro atoms. The number of hydrogen-bond acceptors (Lipinski definition) is 6. The van der Waals surface area contributed by atoms with Gasteiger partial charge in [-0.1, -0.05) is 18.7 Å². The van der Waals surface area contributed by atoms with Gasteiger partial charge in [0.25, 0.3) is 0 Å². The van der Waals surface area contributed by atoms with Gasteiger partial charge < -0.3 is 10.2 Å². The van der Waals surface area contributed by atoms with Gasteiger partial charge in [-0.05, 0) is 49.0 Å². The predicted octanol–water partition coefficient (Wildman–Crippen LogP) is 5.32. The quantitative estimate of drug-likeness (QED) is 0.403. The lowest BCUT2D eigenvalue weighted by Crippen LogP contribution is -2.34. The minimum absolute atomic E-state index is 0.273. The van der Waals surface area contributed by atoms with Crippen molar-refractivity contribution in [3.63, 3.8) is 0 Å². The van der Waals surface area contributed by atoms with Gasteiger partial charge in [0.15, 0.2) is 0 Å². The highest BCUT2D eigenvalue weighted by Gasteiger charge is 2.23. The van der Waals surface area contributed by atoms with E-state index in [9.17, 15) is 4.39 Å². The molecule has 3 aromatic heterocycles. The van der Waals surface area contributed by atoms with E-state index in [4.69, 9.17) is 4.98 Å². The largest absolute Gasteiger partial charge is 0.339 e. The zero-order valence-electron chi connectivity index (χ0n) is 18.7. The Bertz CT molecular complexity index is 1270. The maximum absolute atomic E-state index is 12.6. The molecule has 1 fully saturated rings. The summed E-state index contributed by atoms with van der Waals surface area (Å²) in [6.45, 7) is 6.33. The van der Waals surface area contributed by atoms with Crippen LogP contribution in [-0.4, -0.2) is 51.0 Å². The smallest absolute Gasteiger partial charge is 0.130 e. The monoisotopic (exact) mass is 462 g/mol. The van der Waals surface area contributed by atoms with E-state index in [-0.39, 0.29) is 6.67 Å². The third-order valence-electron chi connectivity index (χ3n) is 6.21. The lowest BCUT2D eigenvalue weighted by atomic mass is 9.97. The molecule has 170 valence electrons. The van der Waals surface area contributed by atoms with E-state index in [0.29, 0.717) is 12.5 Å². The van der Waals surface area contributed by atoms with Crippen LogP contribution in [0.15, 0.2) is 54.8 Å². The lowest BCUT2D eigenvalue weighted by molar-refractivity contribution is 0.197. The molecule has 0 bridgehead atoms. The van der Waals surface area contributed by atoms with Crippen LogP contribution in [0.5, 0.6) is 0 Å². The summed E-state index contributed by atoms with van der Waals surface area (Å²) in [7, 11) is 1.92. The SMILES string of the molecule is C=C(Nc1cc2cc(-c3cnn(C)c3)ccc2cn1)c1csc(C2CCN(CCF)CC2)n1. The Morgan fingerprint density at radius 1 is 1.18 bits per heavy atom. The number of benzene rings is 1. The highest BCUT2D eigenvalue weighted by molar-refractivity contribution is 7.09. The minimum Gasteiger partial charge on any atom is -0.339 e. The van der Waals surface area contributed by atoms with Crippen molar-refractivity contribution in [1.29, 1.82) is 0 Å². The second-order valence-electron chi connectivity index (χ2n) is 8.51. The van der Waals surface area contributed by atoms with Gasteiger partial charge in [-0.25, -0.2) is 14.4 Å². The van der Waals surface area contributed by atoms with Gasteiger partial charge in [-0.3, -0.25) is 4.68 Å². The number of rotatable bonds is 7. The van der Waals surface area contributed by atoms with Gasteiger partial charge in [0, 0.05) is 48.2 Å². The standard InChI is InChI=1S/C25H27FN6S/c1-17(23-16-33-25(30-23)18-5-8-32(9-6-18)10-7-26)29-24-12-21-11-19(3-4-20(21)13-27-24)22-14-28-31(2)15-22/h3-4,11-16,18H,1,5-10H2,2H3,(H,27,29). The van der Waals surface area contributed by atoms with Gasteiger partial charge in [0.1, 0.15) is 12.5 Å². The third kappa shape index (κ3) is 4.82. The first-order valence-corrected chi connectivity index (χ1v) is 12.1. The summed E-state index contributed by atoms with van der Waals surface area (Å²) in [4.78, 5) is 11.6. The molecule has 33 heavy (non-hydrogen) atoms. The van der Waals surface area contributed by atoms with Crippen molar-refractivity contribution in [3.05, 3.63) is 65.5 Å². The van der Waals surface area contributed by atoms with Crippen LogP contribution in [-0.2, 0) is 7.05 Å². The molecule has 1 aromatic carbocycles. The molecule has 0 saturated carbocycles. The number of halogens is 1. The number of aryl methyl sites for hydroxylation is 1. The number of piperidine rings is 1. The van der Waals surface area contributed by atoms with E-state index in [0.717, 1.165) is 70.0 Å². The molecule has 1 N–H and O–H groups in total. The Kier molecular flexibility index (Phi) is 6.20. The molecule has 1 aliphatic rings. The molecule has 0 atom stereocenters. The van der Waals surface area contributed by atoms with E-state index in [1.165, 1.54) is 0 Å². The molecule has 1 aliphatic heterocycles. The van der Waals surface area contributed by atoms with Crippen molar-refractivity contribution in [2.24, 2.45) is 7.05 Å². The zero-order valence-corrected chi connectivity index (χ0v) is 19.5. The summed E-state index contributed by atoms with van der Waals surface area (Å²) < 4.78 is 14.4. The summed E-state index contributed by atoms with van der Waals surface area (Å²) in [6, 6.07) is 8.35. The second-order valence-corrected chi connectivity index (χ2v) is 9.40. The zero-order chi connectivity index (χ0) is 22.8. The van der Waals surface area contributed by atoms with Gasteiger partial charge in [0.05, 0.1) is 22.6 Å². The topological polar surface area (TPSA) is 58.9 Å². The average molecular weight is 463 g/mol. The van der Waals surface area contributed by atoms with E-state index in [1.54, 1.807) is 16.0 Å². The van der Waals surface area contributed by atoms with E-state index in [1.807, 2.05) is 31.7 Å². The number of alkyl halides is 1. The molecule has 4 heterocycles. The van der Waals surface area contributed by atoms with Crippen LogP contribution in [0.3, 0.4) is 0 Å². The van der Waals surface area contributed by atoms with Gasteiger partial charge in [-0.2, -0.15) is 5.10 Å². The van der Waals surface area contributed by atoms with Crippen molar-refractivity contribution in [3.8, 4) is 11.1 Å². The lowest BCUT2D eigenvalue weighted by Gasteiger charge is -2.30. The number of likely N-dealkylation sites (tertiary alicyclic amines) is 1. The summed E-state index contributed by atoms with van der Waals surface area (Å²) in [5.74, 6) is 1.18. The van der Waals surface area contributed by atoms with Crippen molar-refractivity contribution < 1.29 is 4.39 Å². The fourth-order valence-electron chi connectivity index (χ4n) is 4.31. The highest BCUT2D eigenvalue weighted by Crippen LogP contribution is 2.32. The van der Waals surface area contributed by atoms with Gasteiger partial charge in [-0.15, -0.1) is 11.3 Å². The number of fused-ring (bicyclic) bond motifs is 1. The van der Waals surface area contributed by atoms with E-state index < -0.39 is 0 Å².